The van der Waals surface area contributed by atoms with E-state index in [-0.39, 0.29) is 23.5 Å². The SMILES string of the molecule is CCC(CC)NC(=O)Cn1cc(S(=O)(=O)Cl)nc1C. The Bertz CT molecular complexity index is 550. The van der Waals surface area contributed by atoms with Gasteiger partial charge >= 0.3 is 0 Å². The first-order valence-electron chi connectivity index (χ1n) is 6.05. The van der Waals surface area contributed by atoms with Crippen LogP contribution >= 0.6 is 10.7 Å². The fraction of sp³-hybridized carbons (Fsp3) is 0.636. The van der Waals surface area contributed by atoms with E-state index in [1.165, 1.54) is 10.8 Å². The summed E-state index contributed by atoms with van der Waals surface area (Å²) in [4.78, 5) is 15.6. The zero-order valence-electron chi connectivity index (χ0n) is 11.2. The normalized spacial score (nSPS) is 11.8. The van der Waals surface area contributed by atoms with Crippen molar-refractivity contribution in [2.24, 2.45) is 0 Å². The van der Waals surface area contributed by atoms with E-state index in [2.05, 4.69) is 10.3 Å². The fourth-order valence-corrected chi connectivity index (χ4v) is 2.39. The zero-order chi connectivity index (χ0) is 14.6. The number of carbonyl (C=O) groups excluding carboxylic acids is 1. The van der Waals surface area contributed by atoms with Crippen molar-refractivity contribution in [1.29, 1.82) is 0 Å². The molecule has 0 saturated carbocycles. The zero-order valence-corrected chi connectivity index (χ0v) is 12.8. The molecule has 19 heavy (non-hydrogen) atoms. The Morgan fingerprint density at radius 3 is 2.47 bits per heavy atom. The Hall–Kier alpha value is -1.08. The van der Waals surface area contributed by atoms with Gasteiger partial charge in [0.2, 0.25) is 5.91 Å². The van der Waals surface area contributed by atoms with Crippen molar-refractivity contribution < 1.29 is 13.2 Å². The van der Waals surface area contributed by atoms with Crippen LogP contribution in [0.15, 0.2) is 11.2 Å². The second kappa shape index (κ2) is 6.38. The Balaban J connectivity index is 2.78. The van der Waals surface area contributed by atoms with Crippen LogP contribution in [0.2, 0.25) is 0 Å². The number of amides is 1. The van der Waals surface area contributed by atoms with Gasteiger partial charge in [-0.3, -0.25) is 4.79 Å². The lowest BCUT2D eigenvalue weighted by Gasteiger charge is -2.15. The van der Waals surface area contributed by atoms with E-state index < -0.39 is 9.05 Å². The van der Waals surface area contributed by atoms with Crippen LogP contribution in [0.4, 0.5) is 0 Å². The molecule has 1 aromatic rings. The molecule has 0 unspecified atom stereocenters. The van der Waals surface area contributed by atoms with Crippen LogP contribution in [0.1, 0.15) is 32.5 Å². The number of imidazole rings is 1. The molecular weight excluding hydrogens is 290 g/mol. The van der Waals surface area contributed by atoms with Gasteiger partial charge in [0.25, 0.3) is 9.05 Å². The molecule has 0 saturated heterocycles. The van der Waals surface area contributed by atoms with Gasteiger partial charge in [-0.1, -0.05) is 13.8 Å². The maximum Gasteiger partial charge on any atom is 0.280 e. The number of nitrogens with one attached hydrogen (secondary N) is 1. The summed E-state index contributed by atoms with van der Waals surface area (Å²) in [6.45, 7) is 5.64. The van der Waals surface area contributed by atoms with Gasteiger partial charge in [-0.25, -0.2) is 13.4 Å². The van der Waals surface area contributed by atoms with Gasteiger partial charge in [0, 0.05) is 22.9 Å². The van der Waals surface area contributed by atoms with E-state index in [1.54, 1.807) is 6.92 Å². The lowest BCUT2D eigenvalue weighted by atomic mass is 10.2. The van der Waals surface area contributed by atoms with E-state index >= 15 is 0 Å². The van der Waals surface area contributed by atoms with E-state index in [1.807, 2.05) is 13.8 Å². The molecule has 0 bridgehead atoms. The molecule has 1 aromatic heterocycles. The van der Waals surface area contributed by atoms with Crippen LogP contribution in [0, 0.1) is 6.92 Å². The fourth-order valence-electron chi connectivity index (χ4n) is 1.68. The average Bonchev–Trinajstić information content (AvgIpc) is 2.67. The highest BCUT2D eigenvalue weighted by molar-refractivity contribution is 8.13. The second-order valence-electron chi connectivity index (χ2n) is 4.27. The lowest BCUT2D eigenvalue weighted by molar-refractivity contribution is -0.122. The molecule has 0 fully saturated rings. The number of nitrogens with zero attached hydrogens (tertiary/aromatic N) is 2. The van der Waals surface area contributed by atoms with Crippen LogP contribution < -0.4 is 5.32 Å². The Kier molecular flexibility index (Phi) is 5.37. The maximum absolute atomic E-state index is 11.8. The first-order chi connectivity index (χ1) is 8.77. The smallest absolute Gasteiger partial charge is 0.280 e. The molecule has 6 nitrogen and oxygen atoms in total. The number of halogens is 1. The molecular formula is C11H18ClN3O3S. The molecule has 1 heterocycles. The highest BCUT2D eigenvalue weighted by Crippen LogP contribution is 2.13. The topological polar surface area (TPSA) is 81.1 Å². The van der Waals surface area contributed by atoms with Gasteiger partial charge in [-0.05, 0) is 19.8 Å². The Labute approximate surface area is 117 Å². The Morgan fingerprint density at radius 1 is 1.47 bits per heavy atom. The van der Waals surface area contributed by atoms with Crippen molar-refractivity contribution in [3.63, 3.8) is 0 Å². The third kappa shape index (κ3) is 4.50. The summed E-state index contributed by atoms with van der Waals surface area (Å²) in [5.41, 5.74) is 0. The summed E-state index contributed by atoms with van der Waals surface area (Å²) in [6, 6.07) is 0.132. The summed E-state index contributed by atoms with van der Waals surface area (Å²) in [5.74, 6) is 0.256. The minimum absolute atomic E-state index is 0.0295. The third-order valence-corrected chi connectivity index (χ3v) is 4.04. The number of hydrogen-bond donors (Lipinski definition) is 1. The molecule has 8 heteroatoms. The first kappa shape index (κ1) is 16.0. The summed E-state index contributed by atoms with van der Waals surface area (Å²) in [5, 5.41) is 2.64. The predicted molar refractivity (Wildman–Crippen MR) is 72.5 cm³/mol. The standard InChI is InChI=1S/C11H18ClN3O3S/c1-4-9(5-2)14-10(16)6-15-7-11(13-8(15)3)19(12,17)18/h7,9H,4-6H2,1-3H3,(H,14,16). The number of rotatable bonds is 6. The van der Waals surface area contributed by atoms with Gasteiger partial charge in [-0.2, -0.15) is 0 Å². The van der Waals surface area contributed by atoms with Crippen LogP contribution in [-0.2, 0) is 20.4 Å². The largest absolute Gasteiger partial charge is 0.352 e. The van der Waals surface area contributed by atoms with E-state index in [4.69, 9.17) is 10.7 Å². The molecule has 0 aliphatic heterocycles. The van der Waals surface area contributed by atoms with E-state index in [0.717, 1.165) is 12.8 Å². The predicted octanol–water partition coefficient (Wildman–Crippen LogP) is 1.42. The summed E-state index contributed by atoms with van der Waals surface area (Å²) in [7, 11) is 1.34. The van der Waals surface area contributed by atoms with Crippen molar-refractivity contribution >= 4 is 25.6 Å². The monoisotopic (exact) mass is 307 g/mol. The van der Waals surface area contributed by atoms with Crippen molar-refractivity contribution in [3.05, 3.63) is 12.0 Å². The second-order valence-corrected chi connectivity index (χ2v) is 6.79. The van der Waals surface area contributed by atoms with Gasteiger partial charge in [0.15, 0.2) is 5.03 Å². The molecule has 0 aliphatic rings. The summed E-state index contributed by atoms with van der Waals surface area (Å²) in [6.07, 6.45) is 2.98. The number of aromatic nitrogens is 2. The molecule has 108 valence electrons. The van der Waals surface area contributed by atoms with Crippen LogP contribution in [0.25, 0.3) is 0 Å². The third-order valence-electron chi connectivity index (χ3n) is 2.87. The summed E-state index contributed by atoms with van der Waals surface area (Å²) >= 11 is 0. The van der Waals surface area contributed by atoms with Gasteiger partial charge < -0.3 is 9.88 Å². The van der Waals surface area contributed by atoms with Crippen molar-refractivity contribution in [1.82, 2.24) is 14.9 Å². The van der Waals surface area contributed by atoms with Crippen molar-refractivity contribution in [3.8, 4) is 0 Å². The molecule has 1 N–H and O–H groups in total. The van der Waals surface area contributed by atoms with Gasteiger partial charge in [0.1, 0.15) is 12.4 Å². The quantitative estimate of drug-likeness (QED) is 0.806. The molecule has 1 rings (SSSR count). The molecule has 0 aliphatic carbocycles. The minimum atomic E-state index is -3.86. The maximum atomic E-state index is 11.8. The van der Waals surface area contributed by atoms with E-state index in [0.29, 0.717) is 5.82 Å². The molecule has 0 atom stereocenters. The van der Waals surface area contributed by atoms with Gasteiger partial charge in [-0.15, -0.1) is 0 Å². The number of hydrogen-bond acceptors (Lipinski definition) is 4. The molecule has 1 amide bonds. The molecule has 0 radical (unpaired) electrons. The molecule has 0 aromatic carbocycles. The Morgan fingerprint density at radius 2 is 2.05 bits per heavy atom. The summed E-state index contributed by atoms with van der Waals surface area (Å²) < 4.78 is 23.8. The van der Waals surface area contributed by atoms with Gasteiger partial charge in [0.05, 0.1) is 0 Å². The van der Waals surface area contributed by atoms with Crippen molar-refractivity contribution in [2.45, 2.75) is 51.2 Å². The number of carbonyl (C=O) groups is 1. The highest BCUT2D eigenvalue weighted by atomic mass is 35.7. The highest BCUT2D eigenvalue weighted by Gasteiger charge is 2.17. The lowest BCUT2D eigenvalue weighted by Crippen LogP contribution is -2.36. The number of aryl methyl sites for hydroxylation is 1. The van der Waals surface area contributed by atoms with Crippen molar-refractivity contribution in [2.75, 3.05) is 0 Å². The van der Waals surface area contributed by atoms with E-state index in [9.17, 15) is 13.2 Å². The van der Waals surface area contributed by atoms with Crippen LogP contribution in [0.3, 0.4) is 0 Å². The first-order valence-corrected chi connectivity index (χ1v) is 8.36. The minimum Gasteiger partial charge on any atom is -0.352 e. The van der Waals surface area contributed by atoms with Crippen LogP contribution in [0.5, 0.6) is 0 Å². The average molecular weight is 308 g/mol. The van der Waals surface area contributed by atoms with Crippen LogP contribution in [-0.4, -0.2) is 29.9 Å². The molecule has 0 spiro atoms.